The van der Waals surface area contributed by atoms with Gasteiger partial charge in [0.2, 0.25) is 5.91 Å². The zero-order valence-corrected chi connectivity index (χ0v) is 14.8. The molecule has 5 nitrogen and oxygen atoms in total. The maximum Gasteiger partial charge on any atom is 0.322 e. The predicted octanol–water partition coefficient (Wildman–Crippen LogP) is 3.39. The number of carbonyl (C=O) groups is 2. The Labute approximate surface area is 142 Å². The van der Waals surface area contributed by atoms with Crippen LogP contribution in [0.2, 0.25) is 0 Å². The highest BCUT2D eigenvalue weighted by molar-refractivity contribution is 5.89. The number of urea groups is 1. The first-order valence-corrected chi connectivity index (χ1v) is 8.40. The van der Waals surface area contributed by atoms with E-state index in [1.54, 1.807) is 30.9 Å². The average Bonchev–Trinajstić information content (AvgIpc) is 2.51. The van der Waals surface area contributed by atoms with Gasteiger partial charge in [-0.1, -0.05) is 6.07 Å². The second kappa shape index (κ2) is 7.64. The van der Waals surface area contributed by atoms with Crippen LogP contribution in [-0.4, -0.2) is 46.9 Å². The van der Waals surface area contributed by atoms with Gasteiger partial charge in [-0.2, -0.15) is 0 Å². The van der Waals surface area contributed by atoms with Gasteiger partial charge in [-0.15, -0.1) is 0 Å². The van der Waals surface area contributed by atoms with Gasteiger partial charge >= 0.3 is 6.03 Å². The SMILES string of the molecule is CC(=O)N1CCC(N(C(=O)Nc2ccc(C)c(F)c2)C(C)C)CC1. The lowest BCUT2D eigenvalue weighted by Crippen LogP contribution is -2.52. The number of hydrogen-bond donors (Lipinski definition) is 1. The second-order valence-corrected chi connectivity index (χ2v) is 6.63. The van der Waals surface area contributed by atoms with Crippen LogP contribution in [-0.2, 0) is 4.79 Å². The highest BCUT2D eigenvalue weighted by Gasteiger charge is 2.30. The molecule has 1 aromatic carbocycles. The molecule has 1 fully saturated rings. The van der Waals surface area contributed by atoms with E-state index in [1.807, 2.05) is 18.7 Å². The van der Waals surface area contributed by atoms with E-state index in [2.05, 4.69) is 5.32 Å². The smallest absolute Gasteiger partial charge is 0.322 e. The molecule has 1 saturated heterocycles. The van der Waals surface area contributed by atoms with Crippen molar-refractivity contribution < 1.29 is 14.0 Å². The summed E-state index contributed by atoms with van der Waals surface area (Å²) in [5, 5.41) is 2.79. The third-order valence-corrected chi connectivity index (χ3v) is 4.52. The molecular formula is C18H26FN3O2. The van der Waals surface area contributed by atoms with Gasteiger partial charge in [0.1, 0.15) is 5.82 Å². The van der Waals surface area contributed by atoms with Crippen LogP contribution in [0, 0.1) is 12.7 Å². The summed E-state index contributed by atoms with van der Waals surface area (Å²) in [6.07, 6.45) is 1.51. The van der Waals surface area contributed by atoms with Crippen LogP contribution >= 0.6 is 0 Å². The van der Waals surface area contributed by atoms with Crippen molar-refractivity contribution in [2.24, 2.45) is 0 Å². The Hall–Kier alpha value is -2.11. The summed E-state index contributed by atoms with van der Waals surface area (Å²) in [7, 11) is 0. The Morgan fingerprint density at radius 1 is 1.29 bits per heavy atom. The van der Waals surface area contributed by atoms with Crippen molar-refractivity contribution in [1.82, 2.24) is 9.80 Å². The molecule has 0 unspecified atom stereocenters. The summed E-state index contributed by atoms with van der Waals surface area (Å²) in [4.78, 5) is 27.7. The van der Waals surface area contributed by atoms with E-state index in [4.69, 9.17) is 0 Å². The number of rotatable bonds is 3. The predicted molar refractivity (Wildman–Crippen MR) is 92.4 cm³/mol. The van der Waals surface area contributed by atoms with Crippen LogP contribution in [0.1, 0.15) is 39.2 Å². The summed E-state index contributed by atoms with van der Waals surface area (Å²) in [5.41, 5.74) is 1.00. The maximum atomic E-state index is 13.7. The molecule has 1 aliphatic rings. The molecule has 24 heavy (non-hydrogen) atoms. The normalized spacial score (nSPS) is 15.5. The molecule has 0 radical (unpaired) electrons. The molecule has 1 aliphatic heterocycles. The van der Waals surface area contributed by atoms with Gasteiger partial charge in [-0.05, 0) is 51.3 Å². The Balaban J connectivity index is 2.05. The number of aryl methyl sites for hydroxylation is 1. The molecule has 1 aromatic rings. The first-order valence-electron chi connectivity index (χ1n) is 8.40. The van der Waals surface area contributed by atoms with Crippen molar-refractivity contribution in [2.45, 2.75) is 52.6 Å². The van der Waals surface area contributed by atoms with Gasteiger partial charge in [0.25, 0.3) is 0 Å². The molecule has 0 aromatic heterocycles. The monoisotopic (exact) mass is 335 g/mol. The molecule has 2 rings (SSSR count). The first-order chi connectivity index (χ1) is 11.3. The van der Waals surface area contributed by atoms with Crippen LogP contribution in [0.15, 0.2) is 18.2 Å². The summed E-state index contributed by atoms with van der Waals surface area (Å²) < 4.78 is 13.7. The largest absolute Gasteiger partial charge is 0.343 e. The molecule has 132 valence electrons. The molecule has 1 N–H and O–H groups in total. The lowest BCUT2D eigenvalue weighted by molar-refractivity contribution is -0.130. The number of anilines is 1. The molecule has 0 bridgehead atoms. The van der Waals surface area contributed by atoms with E-state index in [0.29, 0.717) is 24.3 Å². The van der Waals surface area contributed by atoms with Crippen LogP contribution in [0.4, 0.5) is 14.9 Å². The van der Waals surface area contributed by atoms with Crippen molar-refractivity contribution in [1.29, 1.82) is 0 Å². The highest BCUT2D eigenvalue weighted by Crippen LogP contribution is 2.21. The minimum absolute atomic E-state index is 0.0224. The minimum atomic E-state index is -0.335. The third-order valence-electron chi connectivity index (χ3n) is 4.52. The van der Waals surface area contributed by atoms with E-state index >= 15 is 0 Å². The lowest BCUT2D eigenvalue weighted by atomic mass is 10.0. The van der Waals surface area contributed by atoms with Crippen LogP contribution in [0.25, 0.3) is 0 Å². The molecule has 1 heterocycles. The molecule has 3 amide bonds. The summed E-state index contributed by atoms with van der Waals surface area (Å²) >= 11 is 0. The number of hydrogen-bond acceptors (Lipinski definition) is 2. The standard InChI is InChI=1S/C18H26FN3O2/c1-12(2)22(16-7-9-21(10-8-16)14(4)23)18(24)20-15-6-5-13(3)17(19)11-15/h5-6,11-12,16H,7-10H2,1-4H3,(H,20,24). The van der Waals surface area contributed by atoms with Gasteiger partial charge in [-0.25, -0.2) is 9.18 Å². The average molecular weight is 335 g/mol. The number of benzene rings is 1. The van der Waals surface area contributed by atoms with Crippen LogP contribution < -0.4 is 5.32 Å². The summed E-state index contributed by atoms with van der Waals surface area (Å²) in [5.74, 6) is -0.261. The van der Waals surface area contributed by atoms with E-state index < -0.39 is 0 Å². The zero-order chi connectivity index (χ0) is 17.9. The highest BCUT2D eigenvalue weighted by atomic mass is 19.1. The van der Waals surface area contributed by atoms with Gasteiger partial charge < -0.3 is 15.1 Å². The van der Waals surface area contributed by atoms with E-state index in [0.717, 1.165) is 12.8 Å². The number of nitrogens with zero attached hydrogens (tertiary/aromatic N) is 2. The Bertz CT molecular complexity index is 610. The summed E-state index contributed by atoms with van der Waals surface area (Å²) in [6, 6.07) is 4.56. The molecule has 6 heteroatoms. The van der Waals surface area contributed by atoms with Crippen molar-refractivity contribution in [3.05, 3.63) is 29.6 Å². The fourth-order valence-corrected chi connectivity index (χ4v) is 3.14. The zero-order valence-electron chi connectivity index (χ0n) is 14.8. The molecule has 0 spiro atoms. The second-order valence-electron chi connectivity index (χ2n) is 6.63. The maximum absolute atomic E-state index is 13.7. The Kier molecular flexibility index (Phi) is 5.80. The van der Waals surface area contributed by atoms with Gasteiger partial charge in [0, 0.05) is 37.8 Å². The van der Waals surface area contributed by atoms with Gasteiger partial charge in [-0.3, -0.25) is 4.79 Å². The van der Waals surface area contributed by atoms with E-state index in [-0.39, 0.29) is 29.8 Å². The summed E-state index contributed by atoms with van der Waals surface area (Å²) in [6.45, 7) is 8.51. The Morgan fingerprint density at radius 2 is 1.92 bits per heavy atom. The van der Waals surface area contributed by atoms with Crippen molar-refractivity contribution in [3.63, 3.8) is 0 Å². The fraction of sp³-hybridized carbons (Fsp3) is 0.556. The quantitative estimate of drug-likeness (QED) is 0.920. The number of nitrogens with one attached hydrogen (secondary N) is 1. The minimum Gasteiger partial charge on any atom is -0.343 e. The lowest BCUT2D eigenvalue weighted by Gasteiger charge is -2.40. The van der Waals surface area contributed by atoms with Gasteiger partial charge in [0.15, 0.2) is 0 Å². The number of likely N-dealkylation sites (tertiary alicyclic amines) is 1. The fourth-order valence-electron chi connectivity index (χ4n) is 3.14. The molecule has 0 atom stereocenters. The van der Waals surface area contributed by atoms with Crippen molar-refractivity contribution in [3.8, 4) is 0 Å². The number of piperidine rings is 1. The number of halogens is 1. The van der Waals surface area contributed by atoms with Crippen molar-refractivity contribution >= 4 is 17.6 Å². The van der Waals surface area contributed by atoms with Crippen LogP contribution in [0.5, 0.6) is 0 Å². The molecular weight excluding hydrogens is 309 g/mol. The molecule has 0 saturated carbocycles. The van der Waals surface area contributed by atoms with E-state index in [1.165, 1.54) is 6.07 Å². The first kappa shape index (κ1) is 18.2. The van der Waals surface area contributed by atoms with Gasteiger partial charge in [0.05, 0.1) is 0 Å². The topological polar surface area (TPSA) is 52.7 Å². The molecule has 0 aliphatic carbocycles. The van der Waals surface area contributed by atoms with Crippen molar-refractivity contribution in [2.75, 3.05) is 18.4 Å². The number of carbonyl (C=O) groups excluding carboxylic acids is 2. The Morgan fingerprint density at radius 3 is 2.42 bits per heavy atom. The van der Waals surface area contributed by atoms with Crippen LogP contribution in [0.3, 0.4) is 0 Å². The third kappa shape index (κ3) is 4.24. The van der Waals surface area contributed by atoms with E-state index in [9.17, 15) is 14.0 Å². The number of amides is 3.